The van der Waals surface area contributed by atoms with Gasteiger partial charge in [-0.1, -0.05) is 97.8 Å². The first kappa shape index (κ1) is 34.4. The Hall–Kier alpha value is -5.42. The molecule has 0 spiro atoms. The number of benzene rings is 6. The van der Waals surface area contributed by atoms with Crippen molar-refractivity contribution in [1.82, 2.24) is 0 Å². The second-order valence-electron chi connectivity index (χ2n) is 13.4. The molecule has 0 aliphatic carbocycles. The van der Waals surface area contributed by atoms with Crippen LogP contribution in [0.3, 0.4) is 0 Å². The van der Waals surface area contributed by atoms with Crippen LogP contribution in [-0.2, 0) is 21.4 Å². The maximum absolute atomic E-state index is 13.8. The van der Waals surface area contributed by atoms with Crippen LogP contribution in [0.2, 0.25) is 0 Å². The number of aryl methyl sites for hydroxylation is 2. The zero-order chi connectivity index (χ0) is 35.4. The molecule has 0 fully saturated rings. The lowest BCUT2D eigenvalue weighted by Crippen LogP contribution is -2.27. The third-order valence-corrected chi connectivity index (χ3v) is 9.33. The largest absolute Gasteiger partial charge is 0.462 e. The average Bonchev–Trinajstić information content (AvgIpc) is 3.12. The number of anilines is 1. The Morgan fingerprint density at radius 2 is 1.26 bits per heavy atom. The second kappa shape index (κ2) is 14.6. The van der Waals surface area contributed by atoms with E-state index in [1.165, 1.54) is 11.1 Å². The summed E-state index contributed by atoms with van der Waals surface area (Å²) in [5.74, 6) is -0.888. The minimum absolute atomic E-state index is 0.226. The molecule has 254 valence electrons. The Morgan fingerprint density at radius 1 is 0.640 bits per heavy atom. The highest BCUT2D eigenvalue weighted by Gasteiger charge is 2.25. The van der Waals surface area contributed by atoms with E-state index in [1.54, 1.807) is 19.9 Å². The second-order valence-corrected chi connectivity index (χ2v) is 13.4. The smallest absolute Gasteiger partial charge is 0.338 e. The molecule has 0 bridgehead atoms. The summed E-state index contributed by atoms with van der Waals surface area (Å²) in [6, 6.07) is 37.0. The van der Waals surface area contributed by atoms with Crippen molar-refractivity contribution in [2.45, 2.75) is 59.9 Å². The van der Waals surface area contributed by atoms with Crippen LogP contribution in [0.5, 0.6) is 0 Å². The van der Waals surface area contributed by atoms with Gasteiger partial charge in [0.25, 0.3) is 0 Å². The lowest BCUT2D eigenvalue weighted by atomic mass is 9.86. The van der Waals surface area contributed by atoms with E-state index in [2.05, 4.69) is 106 Å². The van der Waals surface area contributed by atoms with Crippen LogP contribution >= 0.6 is 0 Å². The maximum atomic E-state index is 13.8. The van der Waals surface area contributed by atoms with Crippen molar-refractivity contribution >= 4 is 39.2 Å². The maximum Gasteiger partial charge on any atom is 0.338 e. The van der Waals surface area contributed by atoms with E-state index >= 15 is 0 Å². The third kappa shape index (κ3) is 7.00. The zero-order valence-electron chi connectivity index (χ0n) is 29.9. The number of carbonyl (C=O) groups is 2. The molecular weight excluding hydrogens is 618 g/mol. The number of rotatable bonds is 11. The molecule has 5 nitrogen and oxygen atoms in total. The van der Waals surface area contributed by atoms with E-state index in [1.807, 2.05) is 30.3 Å². The van der Waals surface area contributed by atoms with Crippen molar-refractivity contribution in [1.29, 1.82) is 0 Å². The third-order valence-electron chi connectivity index (χ3n) is 9.33. The lowest BCUT2D eigenvalue weighted by molar-refractivity contribution is 0.0513. The van der Waals surface area contributed by atoms with E-state index in [0.717, 1.165) is 56.8 Å². The van der Waals surface area contributed by atoms with Crippen LogP contribution in [0, 0.1) is 6.92 Å². The van der Waals surface area contributed by atoms with Crippen molar-refractivity contribution in [2.24, 2.45) is 0 Å². The van der Waals surface area contributed by atoms with Gasteiger partial charge in [0.1, 0.15) is 0 Å². The molecule has 0 aliphatic heterocycles. The summed E-state index contributed by atoms with van der Waals surface area (Å²) in [6.07, 6.45) is 2.07. The van der Waals surface area contributed by atoms with Gasteiger partial charge in [0.05, 0.1) is 29.9 Å². The van der Waals surface area contributed by atoms with Crippen molar-refractivity contribution in [3.8, 4) is 22.3 Å². The first-order valence-electron chi connectivity index (χ1n) is 17.6. The topological polar surface area (TPSA) is 64.6 Å². The van der Waals surface area contributed by atoms with Gasteiger partial charge in [-0.15, -0.1) is 0 Å². The number of ether oxygens (including phenoxy) is 2. The molecule has 0 saturated carbocycles. The van der Waals surface area contributed by atoms with Crippen molar-refractivity contribution in [3.05, 3.63) is 137 Å². The number of hydrogen-bond donors (Lipinski definition) is 1. The molecule has 0 atom stereocenters. The minimum Gasteiger partial charge on any atom is -0.462 e. The summed E-state index contributed by atoms with van der Waals surface area (Å²) < 4.78 is 11.2. The van der Waals surface area contributed by atoms with Gasteiger partial charge in [0.15, 0.2) is 0 Å². The number of carbonyl (C=O) groups excluding carboxylic acids is 2. The van der Waals surface area contributed by atoms with Gasteiger partial charge in [-0.2, -0.15) is 0 Å². The quantitative estimate of drug-likeness (QED) is 0.110. The van der Waals surface area contributed by atoms with Gasteiger partial charge in [-0.25, -0.2) is 9.59 Å². The molecular formula is C45H45NO4. The Balaban J connectivity index is 1.52. The summed E-state index contributed by atoms with van der Waals surface area (Å²) in [5, 5.41) is 7.94. The molecule has 6 rings (SSSR count). The number of fused-ring (bicyclic) bond motifs is 3. The van der Waals surface area contributed by atoms with Gasteiger partial charge in [0.2, 0.25) is 0 Å². The summed E-state index contributed by atoms with van der Waals surface area (Å²) in [5.41, 5.74) is 7.92. The molecule has 0 heterocycles. The van der Waals surface area contributed by atoms with Crippen LogP contribution in [0.15, 0.2) is 109 Å². The molecule has 0 amide bonds. The molecule has 1 N–H and O–H groups in total. The SMILES string of the molecule is CCCc1ccc2cc(-c3cc(C(=O)OCC)c(-c4ccc(C(C)(C)Nc5ccc(C)cc5)cc4)cc3C(=O)OCC)c3ccccc3c2c1. The zero-order valence-corrected chi connectivity index (χ0v) is 29.9. The highest BCUT2D eigenvalue weighted by atomic mass is 16.5. The van der Waals surface area contributed by atoms with Crippen molar-refractivity contribution in [2.75, 3.05) is 18.5 Å². The molecule has 0 aromatic heterocycles. The Kier molecular flexibility index (Phi) is 10.1. The van der Waals surface area contributed by atoms with Gasteiger partial charge < -0.3 is 14.8 Å². The van der Waals surface area contributed by atoms with Crippen LogP contribution in [-0.4, -0.2) is 25.2 Å². The minimum atomic E-state index is -0.445. The van der Waals surface area contributed by atoms with Crippen LogP contribution in [0.1, 0.15) is 78.4 Å². The predicted molar refractivity (Wildman–Crippen MR) is 206 cm³/mol. The summed E-state index contributed by atoms with van der Waals surface area (Å²) in [4.78, 5) is 27.5. The Labute approximate surface area is 295 Å². The van der Waals surface area contributed by atoms with Crippen LogP contribution < -0.4 is 5.32 Å². The van der Waals surface area contributed by atoms with Gasteiger partial charge in [0, 0.05) is 5.69 Å². The van der Waals surface area contributed by atoms with Crippen LogP contribution in [0.4, 0.5) is 5.69 Å². The first-order valence-corrected chi connectivity index (χ1v) is 17.6. The number of nitrogens with one attached hydrogen (secondary N) is 1. The highest BCUT2D eigenvalue weighted by Crippen LogP contribution is 2.40. The molecule has 0 unspecified atom stereocenters. The summed E-state index contributed by atoms with van der Waals surface area (Å²) >= 11 is 0. The first-order chi connectivity index (χ1) is 24.1. The number of esters is 2. The van der Waals surface area contributed by atoms with E-state index in [4.69, 9.17) is 9.47 Å². The fraction of sp³-hybridized carbons (Fsp3) is 0.244. The van der Waals surface area contributed by atoms with Crippen LogP contribution in [0.25, 0.3) is 43.8 Å². The molecule has 0 saturated heterocycles. The normalized spacial score (nSPS) is 11.5. The van der Waals surface area contributed by atoms with E-state index < -0.39 is 11.9 Å². The van der Waals surface area contributed by atoms with E-state index in [-0.39, 0.29) is 18.8 Å². The molecule has 5 heteroatoms. The molecule has 6 aromatic carbocycles. The predicted octanol–water partition coefficient (Wildman–Crippen LogP) is 11.3. The van der Waals surface area contributed by atoms with Crippen molar-refractivity contribution < 1.29 is 19.1 Å². The Morgan fingerprint density at radius 3 is 1.90 bits per heavy atom. The van der Waals surface area contributed by atoms with E-state index in [9.17, 15) is 9.59 Å². The van der Waals surface area contributed by atoms with E-state index in [0.29, 0.717) is 22.3 Å². The van der Waals surface area contributed by atoms with Gasteiger partial charge >= 0.3 is 11.9 Å². The molecule has 0 radical (unpaired) electrons. The van der Waals surface area contributed by atoms with Gasteiger partial charge in [-0.3, -0.25) is 0 Å². The fourth-order valence-corrected chi connectivity index (χ4v) is 6.77. The van der Waals surface area contributed by atoms with Crippen molar-refractivity contribution in [3.63, 3.8) is 0 Å². The Bertz CT molecular complexity index is 2180. The summed E-state index contributed by atoms with van der Waals surface area (Å²) in [7, 11) is 0. The number of hydrogen-bond acceptors (Lipinski definition) is 5. The molecule has 50 heavy (non-hydrogen) atoms. The standard InChI is InChI=1S/C45H45NO4/c1-7-12-30-17-18-32-26-39(36-14-11-10-13-35(36)37(32)25-30)40-28-41(43(47)49-8-2)38(27-42(40)44(48)50-9-3)31-19-21-33(22-20-31)45(5,6)46-34-23-15-29(4)16-24-34/h10-11,13-28,46H,7-9,12H2,1-6H3. The molecule has 0 aliphatic rings. The van der Waals surface area contributed by atoms with Gasteiger partial charge in [-0.05, 0) is 126 Å². The summed E-state index contributed by atoms with van der Waals surface area (Å²) in [6.45, 7) is 12.6. The lowest BCUT2D eigenvalue weighted by Gasteiger charge is -2.28. The monoisotopic (exact) mass is 663 g/mol. The highest BCUT2D eigenvalue weighted by molar-refractivity contribution is 6.16. The molecule has 6 aromatic rings. The average molecular weight is 664 g/mol. The fourth-order valence-electron chi connectivity index (χ4n) is 6.77.